The van der Waals surface area contributed by atoms with Gasteiger partial charge in [0, 0.05) is 11.3 Å². The van der Waals surface area contributed by atoms with Crippen molar-refractivity contribution in [1.82, 2.24) is 4.72 Å². The van der Waals surface area contributed by atoms with E-state index in [4.69, 9.17) is 5.26 Å². The molecule has 2 aromatic carbocycles. The topological polar surface area (TPSA) is 99.1 Å². The van der Waals surface area contributed by atoms with Crippen molar-refractivity contribution in [2.24, 2.45) is 0 Å². The molecule has 0 saturated heterocycles. The molecule has 0 aliphatic heterocycles. The van der Waals surface area contributed by atoms with Gasteiger partial charge in [-0.05, 0) is 49.9 Å². The summed E-state index contributed by atoms with van der Waals surface area (Å²) in [6, 6.07) is 12.9. The Hall–Kier alpha value is -2.69. The molecular formula is C16H15N3O3S. The number of sulfonamides is 1. The molecule has 7 heteroatoms. The van der Waals surface area contributed by atoms with Gasteiger partial charge in [-0.15, -0.1) is 0 Å². The predicted octanol–water partition coefficient (Wildman–Crippen LogP) is 2.03. The highest BCUT2D eigenvalue weighted by atomic mass is 32.2. The number of rotatable bonds is 4. The SMILES string of the molecule is CNS(=O)(=O)c1cc(NC(=O)c2cccc(C#N)c2)ccc1C. The molecule has 23 heavy (non-hydrogen) atoms. The van der Waals surface area contributed by atoms with E-state index in [1.165, 1.54) is 19.2 Å². The Morgan fingerprint density at radius 3 is 2.57 bits per heavy atom. The zero-order valence-corrected chi connectivity index (χ0v) is 13.4. The third kappa shape index (κ3) is 3.74. The van der Waals surface area contributed by atoms with Crippen LogP contribution < -0.4 is 10.0 Å². The van der Waals surface area contributed by atoms with E-state index in [-0.39, 0.29) is 4.90 Å². The van der Waals surface area contributed by atoms with Crippen LogP contribution in [-0.4, -0.2) is 21.4 Å². The highest BCUT2D eigenvalue weighted by molar-refractivity contribution is 7.89. The Morgan fingerprint density at radius 2 is 1.91 bits per heavy atom. The number of amides is 1. The minimum absolute atomic E-state index is 0.101. The monoisotopic (exact) mass is 329 g/mol. The molecule has 0 radical (unpaired) electrons. The smallest absolute Gasteiger partial charge is 0.255 e. The number of carbonyl (C=O) groups excluding carboxylic acids is 1. The number of carbonyl (C=O) groups is 1. The molecule has 118 valence electrons. The molecule has 0 atom stereocenters. The lowest BCUT2D eigenvalue weighted by molar-refractivity contribution is 0.102. The number of anilines is 1. The summed E-state index contributed by atoms with van der Waals surface area (Å²) >= 11 is 0. The maximum absolute atomic E-state index is 12.2. The molecule has 0 bridgehead atoms. The predicted molar refractivity (Wildman–Crippen MR) is 86.5 cm³/mol. The summed E-state index contributed by atoms with van der Waals surface area (Å²) in [6.45, 7) is 1.67. The molecule has 0 aliphatic carbocycles. The molecule has 0 spiro atoms. The number of nitriles is 1. The number of nitrogens with one attached hydrogen (secondary N) is 2. The van der Waals surface area contributed by atoms with Crippen LogP contribution in [0, 0.1) is 18.3 Å². The summed E-state index contributed by atoms with van der Waals surface area (Å²) in [5.74, 6) is -0.418. The largest absolute Gasteiger partial charge is 0.322 e. The van der Waals surface area contributed by atoms with E-state index in [0.29, 0.717) is 22.4 Å². The Labute approximate surface area is 134 Å². The molecule has 2 N–H and O–H groups in total. The third-order valence-electron chi connectivity index (χ3n) is 3.26. The molecule has 0 aromatic heterocycles. The molecule has 0 saturated carbocycles. The molecule has 0 heterocycles. The van der Waals surface area contributed by atoms with Gasteiger partial charge in [-0.1, -0.05) is 12.1 Å². The normalized spacial score (nSPS) is 10.8. The molecule has 2 rings (SSSR count). The van der Waals surface area contributed by atoms with Crippen molar-refractivity contribution >= 4 is 21.6 Å². The van der Waals surface area contributed by atoms with E-state index in [9.17, 15) is 13.2 Å². The lowest BCUT2D eigenvalue weighted by atomic mass is 10.1. The van der Waals surface area contributed by atoms with Crippen LogP contribution in [0.5, 0.6) is 0 Å². The maximum atomic E-state index is 12.2. The molecule has 6 nitrogen and oxygen atoms in total. The van der Waals surface area contributed by atoms with Crippen LogP contribution in [0.25, 0.3) is 0 Å². The van der Waals surface area contributed by atoms with Crippen molar-refractivity contribution in [2.75, 3.05) is 12.4 Å². The van der Waals surface area contributed by atoms with Gasteiger partial charge in [0.15, 0.2) is 0 Å². The summed E-state index contributed by atoms with van der Waals surface area (Å²) in [4.78, 5) is 12.3. The van der Waals surface area contributed by atoms with Crippen molar-refractivity contribution in [1.29, 1.82) is 5.26 Å². The van der Waals surface area contributed by atoms with E-state index in [1.54, 1.807) is 37.3 Å². The second-order valence-corrected chi connectivity index (χ2v) is 6.69. The van der Waals surface area contributed by atoms with E-state index >= 15 is 0 Å². The van der Waals surface area contributed by atoms with Crippen LogP contribution >= 0.6 is 0 Å². The van der Waals surface area contributed by atoms with Gasteiger partial charge in [-0.2, -0.15) is 5.26 Å². The first-order chi connectivity index (χ1) is 10.9. The molecule has 0 unspecified atom stereocenters. The maximum Gasteiger partial charge on any atom is 0.255 e. The van der Waals surface area contributed by atoms with E-state index in [2.05, 4.69) is 10.0 Å². The summed E-state index contributed by atoms with van der Waals surface area (Å²) in [6.07, 6.45) is 0. The zero-order valence-electron chi connectivity index (χ0n) is 12.6. The molecule has 0 aliphatic rings. The second kappa shape index (κ2) is 6.60. The van der Waals surface area contributed by atoms with Gasteiger partial charge in [0.25, 0.3) is 5.91 Å². The average molecular weight is 329 g/mol. The second-order valence-electron chi connectivity index (χ2n) is 4.83. The van der Waals surface area contributed by atoms with Crippen LogP contribution in [0.3, 0.4) is 0 Å². The summed E-state index contributed by atoms with van der Waals surface area (Å²) in [5.41, 5.74) is 1.63. The highest BCUT2D eigenvalue weighted by Crippen LogP contribution is 2.20. The number of aryl methyl sites for hydroxylation is 1. The first-order valence-corrected chi connectivity index (χ1v) is 8.21. The van der Waals surface area contributed by atoms with Crippen molar-refractivity contribution in [3.8, 4) is 6.07 Å². The van der Waals surface area contributed by atoms with Crippen LogP contribution in [0.1, 0.15) is 21.5 Å². The van der Waals surface area contributed by atoms with Crippen molar-refractivity contribution in [3.63, 3.8) is 0 Å². The minimum atomic E-state index is -3.61. The van der Waals surface area contributed by atoms with Gasteiger partial charge in [0.2, 0.25) is 10.0 Å². The van der Waals surface area contributed by atoms with Crippen LogP contribution in [0.4, 0.5) is 5.69 Å². The van der Waals surface area contributed by atoms with Crippen LogP contribution in [0.15, 0.2) is 47.4 Å². The first kappa shape index (κ1) is 16.7. The average Bonchev–Trinajstić information content (AvgIpc) is 2.56. The van der Waals surface area contributed by atoms with E-state index in [0.717, 1.165) is 0 Å². The molecular weight excluding hydrogens is 314 g/mol. The van der Waals surface area contributed by atoms with Gasteiger partial charge in [0.05, 0.1) is 16.5 Å². The van der Waals surface area contributed by atoms with E-state index < -0.39 is 15.9 Å². The Kier molecular flexibility index (Phi) is 4.79. The summed E-state index contributed by atoms with van der Waals surface area (Å²) < 4.78 is 26.2. The standard InChI is InChI=1S/C16H15N3O3S/c1-11-6-7-14(9-15(11)23(21,22)18-2)19-16(20)13-5-3-4-12(8-13)10-17/h3-9,18H,1-2H3,(H,19,20). The lowest BCUT2D eigenvalue weighted by Gasteiger charge is -2.10. The lowest BCUT2D eigenvalue weighted by Crippen LogP contribution is -2.20. The van der Waals surface area contributed by atoms with Crippen LogP contribution in [0.2, 0.25) is 0 Å². The quantitative estimate of drug-likeness (QED) is 0.896. The molecule has 2 aromatic rings. The molecule has 0 fully saturated rings. The number of hydrogen-bond donors (Lipinski definition) is 2. The van der Waals surface area contributed by atoms with Gasteiger partial charge in [-0.25, -0.2) is 13.1 Å². The summed E-state index contributed by atoms with van der Waals surface area (Å²) in [5, 5.41) is 11.5. The van der Waals surface area contributed by atoms with Gasteiger partial charge in [0.1, 0.15) is 0 Å². The minimum Gasteiger partial charge on any atom is -0.322 e. The van der Waals surface area contributed by atoms with Crippen molar-refractivity contribution in [2.45, 2.75) is 11.8 Å². The highest BCUT2D eigenvalue weighted by Gasteiger charge is 2.16. The van der Waals surface area contributed by atoms with Gasteiger partial charge >= 0.3 is 0 Å². The van der Waals surface area contributed by atoms with Crippen molar-refractivity contribution < 1.29 is 13.2 Å². The fraction of sp³-hybridized carbons (Fsp3) is 0.125. The van der Waals surface area contributed by atoms with Crippen molar-refractivity contribution in [3.05, 3.63) is 59.2 Å². The van der Waals surface area contributed by atoms with Gasteiger partial charge in [-0.3, -0.25) is 4.79 Å². The number of hydrogen-bond acceptors (Lipinski definition) is 4. The number of benzene rings is 2. The Balaban J connectivity index is 2.32. The van der Waals surface area contributed by atoms with Crippen LogP contribution in [-0.2, 0) is 10.0 Å². The molecule has 1 amide bonds. The fourth-order valence-corrected chi connectivity index (χ4v) is 3.00. The third-order valence-corrected chi connectivity index (χ3v) is 4.81. The Bertz CT molecular complexity index is 899. The zero-order chi connectivity index (χ0) is 17.0. The number of nitrogens with zero attached hydrogens (tertiary/aromatic N) is 1. The fourth-order valence-electron chi connectivity index (χ4n) is 2.01. The summed E-state index contributed by atoms with van der Waals surface area (Å²) in [7, 11) is -2.28. The van der Waals surface area contributed by atoms with E-state index in [1.807, 2.05) is 6.07 Å². The first-order valence-electron chi connectivity index (χ1n) is 6.73. The van der Waals surface area contributed by atoms with Gasteiger partial charge < -0.3 is 5.32 Å². The Morgan fingerprint density at radius 1 is 1.17 bits per heavy atom.